The van der Waals surface area contributed by atoms with E-state index < -0.39 is 5.69 Å². The highest BCUT2D eigenvalue weighted by Crippen LogP contribution is 2.26. The van der Waals surface area contributed by atoms with Crippen LogP contribution in [-0.2, 0) is 17.9 Å². The maximum Gasteiger partial charge on any atom is 0.347 e. The van der Waals surface area contributed by atoms with Crippen LogP contribution >= 0.6 is 0 Å². The Balaban J connectivity index is 1.46. The molecular formula is C20H22N6O2. The summed E-state index contributed by atoms with van der Waals surface area (Å²) in [6.45, 7) is 1.98. The van der Waals surface area contributed by atoms with Gasteiger partial charge in [0.15, 0.2) is 0 Å². The van der Waals surface area contributed by atoms with Crippen molar-refractivity contribution in [3.8, 4) is 0 Å². The van der Waals surface area contributed by atoms with Crippen molar-refractivity contribution in [2.75, 3.05) is 13.1 Å². The largest absolute Gasteiger partial charge is 0.347 e. The zero-order valence-electron chi connectivity index (χ0n) is 15.5. The van der Waals surface area contributed by atoms with Crippen molar-refractivity contribution in [3.63, 3.8) is 0 Å². The van der Waals surface area contributed by atoms with Gasteiger partial charge in [-0.1, -0.05) is 6.07 Å². The van der Waals surface area contributed by atoms with Crippen molar-refractivity contribution < 1.29 is 4.79 Å². The maximum atomic E-state index is 12.7. The zero-order chi connectivity index (χ0) is 19.3. The lowest BCUT2D eigenvalue weighted by molar-refractivity contribution is -0.133. The molecule has 8 heteroatoms. The minimum Gasteiger partial charge on any atom is -0.340 e. The highest BCUT2D eigenvalue weighted by atomic mass is 16.2. The Labute approximate surface area is 162 Å². The fourth-order valence-corrected chi connectivity index (χ4v) is 3.65. The number of imidazole rings is 1. The summed E-state index contributed by atoms with van der Waals surface area (Å²) >= 11 is 0. The summed E-state index contributed by atoms with van der Waals surface area (Å²) in [5.74, 6) is 1.08. The second-order valence-corrected chi connectivity index (χ2v) is 6.94. The first-order chi connectivity index (χ1) is 13.7. The predicted octanol–water partition coefficient (Wildman–Crippen LogP) is 1.29. The number of amides is 1. The summed E-state index contributed by atoms with van der Waals surface area (Å²) in [6, 6.07) is 7.52. The lowest BCUT2D eigenvalue weighted by Gasteiger charge is -2.32. The molecule has 0 aromatic carbocycles. The number of pyridine rings is 1. The summed E-state index contributed by atoms with van der Waals surface area (Å²) in [6.07, 6.45) is 10.5. The maximum absolute atomic E-state index is 12.7. The van der Waals surface area contributed by atoms with Gasteiger partial charge < -0.3 is 9.47 Å². The number of rotatable bonds is 5. The molecule has 0 N–H and O–H groups in total. The van der Waals surface area contributed by atoms with Crippen LogP contribution in [0.4, 0.5) is 0 Å². The second kappa shape index (κ2) is 8.16. The average Bonchev–Trinajstić information content (AvgIpc) is 3.19. The van der Waals surface area contributed by atoms with Crippen LogP contribution in [0.5, 0.6) is 0 Å². The molecule has 0 saturated carbocycles. The SMILES string of the molecule is O=C(Cn1cccnc1=O)N1CCC[C@@H](c2nccn2Cc2ccccn2)C1. The van der Waals surface area contributed by atoms with E-state index in [9.17, 15) is 9.59 Å². The van der Waals surface area contributed by atoms with E-state index in [-0.39, 0.29) is 18.4 Å². The number of piperidine rings is 1. The number of hydrogen-bond donors (Lipinski definition) is 0. The molecule has 144 valence electrons. The zero-order valence-corrected chi connectivity index (χ0v) is 15.5. The lowest BCUT2D eigenvalue weighted by atomic mass is 9.97. The van der Waals surface area contributed by atoms with Crippen LogP contribution < -0.4 is 5.69 Å². The van der Waals surface area contributed by atoms with Gasteiger partial charge in [-0.15, -0.1) is 0 Å². The van der Waals surface area contributed by atoms with Crippen LogP contribution in [0, 0.1) is 0 Å². The third kappa shape index (κ3) is 4.00. The summed E-state index contributed by atoms with van der Waals surface area (Å²) < 4.78 is 3.44. The number of aromatic nitrogens is 5. The number of carbonyl (C=O) groups is 1. The van der Waals surface area contributed by atoms with E-state index in [0.717, 1.165) is 24.4 Å². The van der Waals surface area contributed by atoms with Gasteiger partial charge in [-0.05, 0) is 31.0 Å². The van der Waals surface area contributed by atoms with Gasteiger partial charge in [0.2, 0.25) is 5.91 Å². The molecule has 1 aliphatic rings. The van der Waals surface area contributed by atoms with E-state index in [1.165, 1.54) is 10.8 Å². The van der Waals surface area contributed by atoms with Gasteiger partial charge in [0.1, 0.15) is 12.4 Å². The monoisotopic (exact) mass is 378 g/mol. The van der Waals surface area contributed by atoms with Crippen molar-refractivity contribution >= 4 is 5.91 Å². The quantitative estimate of drug-likeness (QED) is 0.668. The number of likely N-dealkylation sites (tertiary alicyclic amines) is 1. The van der Waals surface area contributed by atoms with Gasteiger partial charge in [0, 0.05) is 50.0 Å². The third-order valence-electron chi connectivity index (χ3n) is 5.03. The lowest BCUT2D eigenvalue weighted by Crippen LogP contribution is -2.42. The summed E-state index contributed by atoms with van der Waals surface area (Å²) in [4.78, 5) is 39.0. The first-order valence-electron chi connectivity index (χ1n) is 9.41. The van der Waals surface area contributed by atoms with Crippen LogP contribution in [0.15, 0.2) is 60.0 Å². The molecule has 28 heavy (non-hydrogen) atoms. The molecular weight excluding hydrogens is 356 g/mol. The topological polar surface area (TPSA) is 85.9 Å². The highest BCUT2D eigenvalue weighted by molar-refractivity contribution is 5.76. The molecule has 4 rings (SSSR count). The van der Waals surface area contributed by atoms with Crippen molar-refractivity contribution in [1.82, 2.24) is 29.0 Å². The van der Waals surface area contributed by atoms with Crippen molar-refractivity contribution in [3.05, 3.63) is 77.3 Å². The van der Waals surface area contributed by atoms with E-state index in [4.69, 9.17) is 0 Å². The minimum absolute atomic E-state index is 0.0156. The van der Waals surface area contributed by atoms with E-state index in [2.05, 4.69) is 19.5 Å². The standard InChI is InChI=1S/C20H22N6O2/c27-18(15-26-11-4-8-23-20(26)28)24-10-3-5-16(13-24)19-22-9-12-25(19)14-17-6-1-2-7-21-17/h1-2,4,6-9,11-12,16H,3,5,10,13-15H2/t16-/m1/s1. The molecule has 0 aliphatic carbocycles. The molecule has 0 bridgehead atoms. The molecule has 1 fully saturated rings. The van der Waals surface area contributed by atoms with Gasteiger partial charge >= 0.3 is 5.69 Å². The first kappa shape index (κ1) is 18.1. The third-order valence-corrected chi connectivity index (χ3v) is 5.03. The minimum atomic E-state index is -0.407. The molecule has 1 saturated heterocycles. The molecule has 4 heterocycles. The number of hydrogen-bond acceptors (Lipinski definition) is 5. The molecule has 8 nitrogen and oxygen atoms in total. The Morgan fingerprint density at radius 3 is 2.75 bits per heavy atom. The van der Waals surface area contributed by atoms with E-state index in [0.29, 0.717) is 19.6 Å². The predicted molar refractivity (Wildman–Crippen MR) is 103 cm³/mol. The second-order valence-electron chi connectivity index (χ2n) is 6.94. The molecule has 3 aromatic rings. The Morgan fingerprint density at radius 1 is 1.04 bits per heavy atom. The van der Waals surface area contributed by atoms with Crippen LogP contribution in [0.25, 0.3) is 0 Å². The fourth-order valence-electron chi connectivity index (χ4n) is 3.65. The Bertz CT molecular complexity index is 997. The van der Waals surface area contributed by atoms with Gasteiger partial charge in [-0.3, -0.25) is 14.3 Å². The smallest absolute Gasteiger partial charge is 0.340 e. The molecule has 1 amide bonds. The molecule has 0 unspecified atom stereocenters. The molecule has 3 aromatic heterocycles. The van der Waals surface area contributed by atoms with Gasteiger partial charge in [0.25, 0.3) is 0 Å². The van der Waals surface area contributed by atoms with Crippen molar-refractivity contribution in [2.24, 2.45) is 0 Å². The van der Waals surface area contributed by atoms with E-state index in [1.54, 1.807) is 24.7 Å². The Hall–Kier alpha value is -3.29. The Morgan fingerprint density at radius 2 is 1.93 bits per heavy atom. The molecule has 1 aliphatic heterocycles. The van der Waals surface area contributed by atoms with Gasteiger partial charge in [0.05, 0.1) is 12.2 Å². The van der Waals surface area contributed by atoms with Gasteiger partial charge in [-0.2, -0.15) is 0 Å². The summed E-state index contributed by atoms with van der Waals surface area (Å²) in [7, 11) is 0. The normalized spacial score (nSPS) is 16.9. The first-order valence-corrected chi connectivity index (χ1v) is 9.41. The number of nitrogens with zero attached hydrogens (tertiary/aromatic N) is 6. The van der Waals surface area contributed by atoms with E-state index in [1.807, 2.05) is 29.3 Å². The number of carbonyl (C=O) groups excluding carboxylic acids is 1. The summed E-state index contributed by atoms with van der Waals surface area (Å²) in [5, 5.41) is 0. The van der Waals surface area contributed by atoms with Gasteiger partial charge in [-0.25, -0.2) is 14.8 Å². The van der Waals surface area contributed by atoms with Crippen LogP contribution in [0.3, 0.4) is 0 Å². The highest BCUT2D eigenvalue weighted by Gasteiger charge is 2.27. The fraction of sp³-hybridized carbons (Fsp3) is 0.350. The van der Waals surface area contributed by atoms with E-state index >= 15 is 0 Å². The van der Waals surface area contributed by atoms with Crippen LogP contribution in [0.2, 0.25) is 0 Å². The summed E-state index contributed by atoms with van der Waals surface area (Å²) in [5.41, 5.74) is 0.566. The molecule has 1 atom stereocenters. The molecule has 0 spiro atoms. The van der Waals surface area contributed by atoms with Crippen LogP contribution in [-0.4, -0.2) is 48.0 Å². The molecule has 0 radical (unpaired) electrons. The average molecular weight is 378 g/mol. The van der Waals surface area contributed by atoms with Crippen LogP contribution in [0.1, 0.15) is 30.3 Å². The van der Waals surface area contributed by atoms with Crippen molar-refractivity contribution in [2.45, 2.75) is 31.8 Å². The van der Waals surface area contributed by atoms with Crippen molar-refractivity contribution in [1.29, 1.82) is 0 Å². The Kier molecular flexibility index (Phi) is 5.27.